The van der Waals surface area contributed by atoms with Crippen LogP contribution in [-0.2, 0) is 16.1 Å². The number of amides is 2. The zero-order valence-corrected chi connectivity index (χ0v) is 18.9. The van der Waals surface area contributed by atoms with Crippen LogP contribution in [0.3, 0.4) is 0 Å². The van der Waals surface area contributed by atoms with E-state index in [0.717, 1.165) is 39.7 Å². The summed E-state index contributed by atoms with van der Waals surface area (Å²) in [6.45, 7) is 2.57. The van der Waals surface area contributed by atoms with Crippen LogP contribution in [0.2, 0.25) is 0 Å². The Balaban J connectivity index is 1.20. The number of hydrogen-bond donors (Lipinski definition) is 1. The lowest BCUT2D eigenvalue weighted by Gasteiger charge is -2.08. The highest BCUT2D eigenvalue weighted by Gasteiger charge is 2.31. The zero-order chi connectivity index (χ0) is 23.0. The van der Waals surface area contributed by atoms with E-state index in [4.69, 9.17) is 9.57 Å². The maximum absolute atomic E-state index is 11.7. The highest BCUT2D eigenvalue weighted by Crippen LogP contribution is 2.24. The molecule has 2 amide bonds. The van der Waals surface area contributed by atoms with Gasteiger partial charge in [-0.2, -0.15) is 0 Å². The topological polar surface area (TPSA) is 89.9 Å². The number of nitrogens with zero attached hydrogens (tertiary/aromatic N) is 2. The number of nitrogens with one attached hydrogen (secondary N) is 1. The minimum atomic E-state index is -0.370. The number of oxime groups is 1. The first kappa shape index (κ1) is 22.5. The largest absolute Gasteiger partial charge is 0.490 e. The van der Waals surface area contributed by atoms with Gasteiger partial charge in [0.15, 0.2) is 6.61 Å². The maximum Gasteiger partial charge on any atom is 0.286 e. The Morgan fingerprint density at radius 3 is 2.33 bits per heavy atom. The number of benzene rings is 2. The van der Waals surface area contributed by atoms with Gasteiger partial charge in [0.25, 0.3) is 5.24 Å². The number of pyridine rings is 1. The monoisotopic (exact) mass is 461 g/mol. The third-order valence-corrected chi connectivity index (χ3v) is 6.05. The molecule has 1 aliphatic rings. The first-order chi connectivity index (χ1) is 16.1. The Morgan fingerprint density at radius 1 is 0.970 bits per heavy atom. The Hall–Kier alpha value is -3.65. The summed E-state index contributed by atoms with van der Waals surface area (Å²) in [7, 11) is 0. The van der Waals surface area contributed by atoms with Gasteiger partial charge in [-0.25, -0.2) is 0 Å². The van der Waals surface area contributed by atoms with Crippen LogP contribution in [0.4, 0.5) is 4.79 Å². The lowest BCUT2D eigenvalue weighted by atomic mass is 10.0. The van der Waals surface area contributed by atoms with E-state index in [9.17, 15) is 9.59 Å². The first-order valence-electron chi connectivity index (χ1n) is 10.5. The van der Waals surface area contributed by atoms with Crippen molar-refractivity contribution in [3.8, 4) is 16.9 Å². The van der Waals surface area contributed by atoms with Gasteiger partial charge in [0, 0.05) is 12.4 Å². The summed E-state index contributed by atoms with van der Waals surface area (Å²) in [6.07, 6.45) is 4.06. The predicted octanol–water partition coefficient (Wildman–Crippen LogP) is 4.46. The van der Waals surface area contributed by atoms with Crippen LogP contribution in [0.5, 0.6) is 5.75 Å². The molecule has 1 unspecified atom stereocenters. The summed E-state index contributed by atoms with van der Waals surface area (Å²) in [5.41, 5.74) is 4.97. The molecule has 1 fully saturated rings. The number of imide groups is 1. The molecule has 0 radical (unpaired) electrons. The molecule has 7 nitrogen and oxygen atoms in total. The van der Waals surface area contributed by atoms with Crippen molar-refractivity contribution in [2.24, 2.45) is 5.16 Å². The standard InChI is InChI=1S/C25H23N3O4S/c1-17(19-4-6-20(7-5-19)21-10-12-26-13-11-21)28-32-15-14-31-22-8-2-18(3-9-22)16-23-24(29)27-25(30)33-23/h2-13,23H,14-16H2,1H3,(H,27,29,30)/b28-17+. The molecule has 0 bridgehead atoms. The second-order valence-corrected chi connectivity index (χ2v) is 8.58. The van der Waals surface area contributed by atoms with Crippen LogP contribution in [0.15, 0.2) is 78.2 Å². The minimum absolute atomic E-state index is 0.233. The lowest BCUT2D eigenvalue weighted by molar-refractivity contribution is -0.118. The Kier molecular flexibility index (Phi) is 7.36. The van der Waals surface area contributed by atoms with Crippen molar-refractivity contribution in [2.45, 2.75) is 18.6 Å². The van der Waals surface area contributed by atoms with Crippen molar-refractivity contribution in [1.82, 2.24) is 10.3 Å². The molecule has 8 heteroatoms. The maximum atomic E-state index is 11.7. The van der Waals surface area contributed by atoms with Gasteiger partial charge in [0.2, 0.25) is 5.91 Å². The quantitative estimate of drug-likeness (QED) is 0.287. The molecule has 1 aliphatic heterocycles. The summed E-state index contributed by atoms with van der Waals surface area (Å²) in [6, 6.07) is 19.5. The van der Waals surface area contributed by atoms with Crippen LogP contribution in [-0.4, -0.2) is 40.3 Å². The van der Waals surface area contributed by atoms with Crippen LogP contribution in [0.1, 0.15) is 18.1 Å². The van der Waals surface area contributed by atoms with Gasteiger partial charge in [-0.05, 0) is 59.9 Å². The number of aromatic nitrogens is 1. The fourth-order valence-electron chi connectivity index (χ4n) is 3.30. The first-order valence-corrected chi connectivity index (χ1v) is 11.4. The third-order valence-electron chi connectivity index (χ3n) is 5.07. The van der Waals surface area contributed by atoms with E-state index in [2.05, 4.69) is 15.5 Å². The van der Waals surface area contributed by atoms with E-state index in [1.165, 1.54) is 0 Å². The van der Waals surface area contributed by atoms with Gasteiger partial charge in [0.05, 0.1) is 11.0 Å². The number of rotatable bonds is 9. The SMILES string of the molecule is C/C(=N\OCCOc1ccc(CC2SC(=O)NC2=O)cc1)c1ccc(-c2ccncc2)cc1. The van der Waals surface area contributed by atoms with Crippen molar-refractivity contribution >= 4 is 28.6 Å². The number of ether oxygens (including phenoxy) is 1. The summed E-state index contributed by atoms with van der Waals surface area (Å²) in [5.74, 6) is 0.470. The summed E-state index contributed by atoms with van der Waals surface area (Å²) in [4.78, 5) is 32.4. The van der Waals surface area contributed by atoms with Gasteiger partial charge < -0.3 is 9.57 Å². The lowest BCUT2D eigenvalue weighted by Crippen LogP contribution is -2.25. The van der Waals surface area contributed by atoms with Crippen molar-refractivity contribution < 1.29 is 19.2 Å². The van der Waals surface area contributed by atoms with Gasteiger partial charge >= 0.3 is 0 Å². The Morgan fingerprint density at radius 2 is 1.67 bits per heavy atom. The molecule has 1 aromatic heterocycles. The number of thioether (sulfide) groups is 1. The fourth-order valence-corrected chi connectivity index (χ4v) is 4.16. The van der Waals surface area contributed by atoms with E-state index < -0.39 is 0 Å². The number of carbonyl (C=O) groups excluding carboxylic acids is 2. The number of carbonyl (C=O) groups is 2. The van der Waals surface area contributed by atoms with Crippen LogP contribution >= 0.6 is 11.8 Å². The molecule has 2 heterocycles. The van der Waals surface area contributed by atoms with E-state index in [1.807, 2.05) is 67.6 Å². The molecular formula is C25H23N3O4S. The number of hydrogen-bond acceptors (Lipinski definition) is 7. The molecule has 1 saturated heterocycles. The van der Waals surface area contributed by atoms with Crippen molar-refractivity contribution in [1.29, 1.82) is 0 Å². The molecular weight excluding hydrogens is 438 g/mol. The van der Waals surface area contributed by atoms with Crippen LogP contribution in [0.25, 0.3) is 11.1 Å². The second kappa shape index (κ2) is 10.8. The molecule has 1 N–H and O–H groups in total. The van der Waals surface area contributed by atoms with Gasteiger partial charge in [-0.1, -0.05) is 53.3 Å². The van der Waals surface area contributed by atoms with Gasteiger partial charge in [-0.3, -0.25) is 19.9 Å². The molecule has 3 aromatic rings. The second-order valence-electron chi connectivity index (χ2n) is 7.40. The van der Waals surface area contributed by atoms with E-state index in [-0.39, 0.29) is 16.4 Å². The smallest absolute Gasteiger partial charge is 0.286 e. The van der Waals surface area contributed by atoms with E-state index >= 15 is 0 Å². The Labute approximate surface area is 196 Å². The van der Waals surface area contributed by atoms with Crippen LogP contribution in [0, 0.1) is 0 Å². The molecule has 33 heavy (non-hydrogen) atoms. The Bertz CT molecular complexity index is 1130. The average Bonchev–Trinajstić information content (AvgIpc) is 3.16. The zero-order valence-electron chi connectivity index (χ0n) is 18.1. The predicted molar refractivity (Wildman–Crippen MR) is 128 cm³/mol. The minimum Gasteiger partial charge on any atom is -0.490 e. The van der Waals surface area contributed by atoms with Crippen molar-refractivity contribution in [2.75, 3.05) is 13.2 Å². The normalized spacial score (nSPS) is 15.9. The molecule has 2 aromatic carbocycles. The van der Waals surface area contributed by atoms with Crippen molar-refractivity contribution in [3.63, 3.8) is 0 Å². The molecule has 0 aliphatic carbocycles. The summed E-state index contributed by atoms with van der Waals surface area (Å²) in [5, 5.41) is 5.81. The van der Waals surface area contributed by atoms with Crippen LogP contribution < -0.4 is 10.1 Å². The summed E-state index contributed by atoms with van der Waals surface area (Å²) >= 11 is 1.03. The fraction of sp³-hybridized carbons (Fsp3) is 0.200. The molecule has 4 rings (SSSR count). The molecule has 0 saturated carbocycles. The molecule has 0 spiro atoms. The highest BCUT2D eigenvalue weighted by molar-refractivity contribution is 8.15. The summed E-state index contributed by atoms with van der Waals surface area (Å²) < 4.78 is 5.68. The highest BCUT2D eigenvalue weighted by atomic mass is 32.2. The average molecular weight is 462 g/mol. The third kappa shape index (κ3) is 6.20. The van der Waals surface area contributed by atoms with Gasteiger partial charge in [0.1, 0.15) is 12.4 Å². The van der Waals surface area contributed by atoms with Crippen molar-refractivity contribution in [3.05, 3.63) is 84.2 Å². The van der Waals surface area contributed by atoms with E-state index in [1.54, 1.807) is 12.4 Å². The van der Waals surface area contributed by atoms with E-state index in [0.29, 0.717) is 25.4 Å². The molecule has 1 atom stereocenters. The molecule has 168 valence electrons. The van der Waals surface area contributed by atoms with Gasteiger partial charge in [-0.15, -0.1) is 0 Å².